The van der Waals surface area contributed by atoms with E-state index in [9.17, 15) is 9.59 Å². The molecule has 3 aromatic heterocycles. The Labute approximate surface area is 199 Å². The van der Waals surface area contributed by atoms with Gasteiger partial charge in [-0.15, -0.1) is 0 Å². The molecule has 0 aliphatic heterocycles. The summed E-state index contributed by atoms with van der Waals surface area (Å²) in [5.41, 5.74) is 2.41. The Balaban J connectivity index is 1.42. The van der Waals surface area contributed by atoms with E-state index in [0.29, 0.717) is 22.4 Å². The zero-order chi connectivity index (χ0) is 23.7. The SMILES string of the molecule is CCOC(=O)c1cn2c(Nc3cc(C)[nH]n3)nc(Sc3ccc(NC(=O)C4CC4)cc3)cc2n1. The molecule has 0 bridgehead atoms. The van der Waals surface area contributed by atoms with E-state index in [4.69, 9.17) is 9.72 Å². The molecular weight excluding hydrogens is 454 g/mol. The van der Waals surface area contributed by atoms with Crippen molar-refractivity contribution in [3.63, 3.8) is 0 Å². The van der Waals surface area contributed by atoms with Crippen molar-refractivity contribution in [3.05, 3.63) is 54.0 Å². The molecule has 1 aliphatic carbocycles. The number of hydrogen-bond donors (Lipinski definition) is 3. The van der Waals surface area contributed by atoms with Crippen LogP contribution in [0, 0.1) is 12.8 Å². The molecule has 1 fully saturated rings. The first-order chi connectivity index (χ1) is 16.5. The summed E-state index contributed by atoms with van der Waals surface area (Å²) in [6, 6.07) is 11.3. The van der Waals surface area contributed by atoms with Crippen molar-refractivity contribution in [1.82, 2.24) is 24.6 Å². The number of H-pyrrole nitrogens is 1. The molecule has 4 aromatic rings. The summed E-state index contributed by atoms with van der Waals surface area (Å²) in [5.74, 6) is 0.793. The molecule has 34 heavy (non-hydrogen) atoms. The fourth-order valence-electron chi connectivity index (χ4n) is 3.32. The predicted molar refractivity (Wildman–Crippen MR) is 127 cm³/mol. The monoisotopic (exact) mass is 477 g/mol. The standard InChI is InChI=1S/C23H23N7O3S/c1-3-33-22(32)17-12-30-19(25-17)11-20(27-23(30)26-18-10-13(2)28-29-18)34-16-8-6-15(7-9-16)24-21(31)14-4-5-14/h6-12,14H,3-5H2,1-2H3,(H,24,31)(H2,26,27,28,29). The van der Waals surface area contributed by atoms with Crippen LogP contribution in [0.2, 0.25) is 0 Å². The average molecular weight is 478 g/mol. The summed E-state index contributed by atoms with van der Waals surface area (Å²) in [6.07, 6.45) is 3.52. The summed E-state index contributed by atoms with van der Waals surface area (Å²) >= 11 is 1.44. The Morgan fingerprint density at radius 1 is 1.21 bits per heavy atom. The third kappa shape index (κ3) is 4.88. The van der Waals surface area contributed by atoms with Gasteiger partial charge in [-0.3, -0.25) is 14.3 Å². The van der Waals surface area contributed by atoms with Crippen molar-refractivity contribution in [2.45, 2.75) is 36.6 Å². The van der Waals surface area contributed by atoms with Crippen molar-refractivity contribution in [3.8, 4) is 0 Å². The van der Waals surface area contributed by atoms with Gasteiger partial charge >= 0.3 is 5.97 Å². The Kier molecular flexibility index (Phi) is 5.93. The number of nitrogens with zero attached hydrogens (tertiary/aromatic N) is 4. The largest absolute Gasteiger partial charge is 0.461 e. The molecule has 5 rings (SSSR count). The van der Waals surface area contributed by atoms with Crippen LogP contribution in [-0.2, 0) is 9.53 Å². The van der Waals surface area contributed by atoms with Gasteiger partial charge in [-0.25, -0.2) is 14.8 Å². The van der Waals surface area contributed by atoms with Gasteiger partial charge < -0.3 is 15.4 Å². The number of aromatic amines is 1. The highest BCUT2D eigenvalue weighted by atomic mass is 32.2. The number of esters is 1. The zero-order valence-electron chi connectivity index (χ0n) is 18.7. The van der Waals surface area contributed by atoms with Crippen molar-refractivity contribution >= 4 is 46.7 Å². The number of aryl methyl sites for hydroxylation is 1. The van der Waals surface area contributed by atoms with E-state index < -0.39 is 5.97 Å². The number of nitrogens with one attached hydrogen (secondary N) is 3. The first-order valence-electron chi connectivity index (χ1n) is 10.9. The van der Waals surface area contributed by atoms with Crippen LogP contribution in [0.3, 0.4) is 0 Å². The van der Waals surface area contributed by atoms with Crippen molar-refractivity contribution in [2.75, 3.05) is 17.2 Å². The van der Waals surface area contributed by atoms with Gasteiger partial charge in [-0.2, -0.15) is 5.10 Å². The number of aromatic nitrogens is 5. The lowest BCUT2D eigenvalue weighted by Crippen LogP contribution is -2.12. The minimum atomic E-state index is -0.495. The molecule has 174 valence electrons. The molecule has 11 heteroatoms. The van der Waals surface area contributed by atoms with Gasteiger partial charge in [-0.1, -0.05) is 11.8 Å². The van der Waals surface area contributed by atoms with E-state index in [2.05, 4.69) is 25.8 Å². The Morgan fingerprint density at radius 2 is 2.00 bits per heavy atom. The van der Waals surface area contributed by atoms with E-state index in [-0.39, 0.29) is 24.1 Å². The molecular formula is C23H23N7O3S. The first-order valence-corrected chi connectivity index (χ1v) is 11.7. The number of anilines is 3. The third-order valence-corrected chi connectivity index (χ3v) is 6.08. The first kappa shape index (κ1) is 22.0. The maximum absolute atomic E-state index is 12.2. The van der Waals surface area contributed by atoms with Gasteiger partial charge in [0.1, 0.15) is 10.7 Å². The third-order valence-electron chi connectivity index (χ3n) is 5.15. The zero-order valence-corrected chi connectivity index (χ0v) is 19.5. The number of amides is 1. The molecule has 0 saturated heterocycles. The number of fused-ring (bicyclic) bond motifs is 1. The lowest BCUT2D eigenvalue weighted by Gasteiger charge is -2.09. The lowest BCUT2D eigenvalue weighted by atomic mass is 10.3. The average Bonchev–Trinajstić information content (AvgIpc) is 3.46. The molecule has 0 spiro atoms. The van der Waals surface area contributed by atoms with Crippen LogP contribution in [-0.4, -0.2) is 43.0 Å². The fraction of sp³-hybridized carbons (Fsp3) is 0.261. The Hall–Kier alpha value is -3.86. The van der Waals surface area contributed by atoms with E-state index in [0.717, 1.165) is 29.1 Å². The van der Waals surface area contributed by atoms with E-state index in [1.165, 1.54) is 11.8 Å². The van der Waals surface area contributed by atoms with Gasteiger partial charge in [0, 0.05) is 40.5 Å². The summed E-state index contributed by atoms with van der Waals surface area (Å²) in [7, 11) is 0. The number of ether oxygens (including phenoxy) is 1. The van der Waals surface area contributed by atoms with Gasteiger partial charge in [0.2, 0.25) is 11.9 Å². The minimum absolute atomic E-state index is 0.0774. The number of benzene rings is 1. The Bertz CT molecular complexity index is 1360. The second-order valence-electron chi connectivity index (χ2n) is 7.94. The van der Waals surface area contributed by atoms with Crippen LogP contribution in [0.1, 0.15) is 35.9 Å². The highest BCUT2D eigenvalue weighted by molar-refractivity contribution is 7.99. The predicted octanol–water partition coefficient (Wildman–Crippen LogP) is 4.18. The molecule has 3 heterocycles. The van der Waals surface area contributed by atoms with Gasteiger partial charge in [-0.05, 0) is 51.0 Å². The van der Waals surface area contributed by atoms with Gasteiger partial charge in [0.15, 0.2) is 11.5 Å². The van der Waals surface area contributed by atoms with Crippen LogP contribution >= 0.6 is 11.8 Å². The molecule has 3 N–H and O–H groups in total. The number of rotatable bonds is 8. The second kappa shape index (κ2) is 9.18. The molecule has 0 radical (unpaired) electrons. The smallest absolute Gasteiger partial charge is 0.358 e. The van der Waals surface area contributed by atoms with Crippen LogP contribution in [0.4, 0.5) is 17.5 Å². The molecule has 1 aromatic carbocycles. The molecule has 1 aliphatic rings. The van der Waals surface area contributed by atoms with Gasteiger partial charge in [0.25, 0.3) is 0 Å². The number of hydrogen-bond acceptors (Lipinski definition) is 8. The second-order valence-corrected chi connectivity index (χ2v) is 9.04. The Morgan fingerprint density at radius 3 is 2.68 bits per heavy atom. The molecule has 0 unspecified atom stereocenters. The summed E-state index contributed by atoms with van der Waals surface area (Å²) in [4.78, 5) is 34.3. The minimum Gasteiger partial charge on any atom is -0.461 e. The van der Waals surface area contributed by atoms with Crippen molar-refractivity contribution in [1.29, 1.82) is 0 Å². The van der Waals surface area contributed by atoms with Crippen LogP contribution in [0.5, 0.6) is 0 Å². The normalized spacial score (nSPS) is 13.1. The number of carbonyl (C=O) groups is 2. The van der Waals surface area contributed by atoms with Crippen LogP contribution in [0.25, 0.3) is 5.65 Å². The summed E-state index contributed by atoms with van der Waals surface area (Å²) in [5, 5.41) is 13.9. The molecule has 1 saturated carbocycles. The summed E-state index contributed by atoms with van der Waals surface area (Å²) in [6.45, 7) is 3.92. The maximum Gasteiger partial charge on any atom is 0.358 e. The van der Waals surface area contributed by atoms with Crippen molar-refractivity contribution < 1.29 is 14.3 Å². The molecule has 0 atom stereocenters. The number of imidazole rings is 1. The topological polar surface area (TPSA) is 126 Å². The van der Waals surface area contributed by atoms with Gasteiger partial charge in [0.05, 0.1) is 6.61 Å². The van der Waals surface area contributed by atoms with Crippen molar-refractivity contribution in [2.24, 2.45) is 5.92 Å². The van der Waals surface area contributed by atoms with Crippen LogP contribution < -0.4 is 10.6 Å². The quantitative estimate of drug-likeness (QED) is 0.255. The fourth-order valence-corrected chi connectivity index (χ4v) is 4.13. The molecule has 10 nitrogen and oxygen atoms in total. The maximum atomic E-state index is 12.2. The number of carbonyl (C=O) groups excluding carboxylic acids is 2. The van der Waals surface area contributed by atoms with E-state index >= 15 is 0 Å². The lowest BCUT2D eigenvalue weighted by molar-refractivity contribution is -0.117. The van der Waals surface area contributed by atoms with E-state index in [1.54, 1.807) is 23.6 Å². The molecule has 1 amide bonds. The highest BCUT2D eigenvalue weighted by Crippen LogP contribution is 2.32. The van der Waals surface area contributed by atoms with Crippen LogP contribution in [0.15, 0.2) is 52.5 Å². The highest BCUT2D eigenvalue weighted by Gasteiger charge is 2.29. The summed E-state index contributed by atoms with van der Waals surface area (Å²) < 4.78 is 6.79. The van der Waals surface area contributed by atoms with E-state index in [1.807, 2.05) is 37.3 Å².